The van der Waals surface area contributed by atoms with Gasteiger partial charge >= 0.3 is 0 Å². The Bertz CT molecular complexity index is 1030. The van der Waals surface area contributed by atoms with Crippen molar-refractivity contribution in [1.29, 1.82) is 5.26 Å². The van der Waals surface area contributed by atoms with Gasteiger partial charge in [0.25, 0.3) is 5.91 Å². The van der Waals surface area contributed by atoms with Gasteiger partial charge in [0.05, 0.1) is 24.3 Å². The normalized spacial score (nSPS) is 25.2. The highest BCUT2D eigenvalue weighted by Gasteiger charge is 2.43. The highest BCUT2D eigenvalue weighted by molar-refractivity contribution is 6.35. The Kier molecular flexibility index (Phi) is 8.90. The maximum atomic E-state index is 13.3. The zero-order valence-corrected chi connectivity index (χ0v) is 21.3. The number of nitrogens with one attached hydrogen (secondary N) is 2. The molecule has 3 heterocycles. The molecule has 0 aromatic heterocycles. The van der Waals surface area contributed by atoms with Crippen molar-refractivity contribution < 1.29 is 23.9 Å². The molecule has 1 aromatic carbocycles. The topological polar surface area (TPSA) is 124 Å². The maximum Gasteiger partial charge on any atom is 0.261 e. The molecule has 1 aromatic rings. The number of likely N-dealkylation sites (tertiary alicyclic amines) is 1. The zero-order chi connectivity index (χ0) is 25.7. The molecule has 2 N–H and O–H groups in total. The van der Waals surface area contributed by atoms with E-state index in [-0.39, 0.29) is 41.8 Å². The Balaban J connectivity index is 1.43. The fraction of sp³-hybridized carbons (Fsp3) is 0.583. The number of benzene rings is 1. The molecular formula is C24H29Cl2N5O5. The molecule has 0 aliphatic carbocycles. The number of ether oxygens (including phenoxy) is 2. The van der Waals surface area contributed by atoms with Crippen LogP contribution in [0, 0.1) is 17.2 Å². The molecule has 10 nitrogen and oxygen atoms in total. The van der Waals surface area contributed by atoms with Gasteiger partial charge in [-0.15, -0.1) is 0 Å². The Morgan fingerprint density at radius 3 is 2.75 bits per heavy atom. The van der Waals surface area contributed by atoms with Crippen molar-refractivity contribution in [3.05, 3.63) is 28.2 Å². The monoisotopic (exact) mass is 537 g/mol. The lowest BCUT2D eigenvalue weighted by atomic mass is 9.98. The van der Waals surface area contributed by atoms with Gasteiger partial charge in [0.15, 0.2) is 6.61 Å². The molecule has 4 atom stereocenters. The van der Waals surface area contributed by atoms with Gasteiger partial charge in [0.1, 0.15) is 17.8 Å². The summed E-state index contributed by atoms with van der Waals surface area (Å²) in [5.74, 6) is -0.865. The summed E-state index contributed by atoms with van der Waals surface area (Å²) in [5, 5.41) is 15.8. The van der Waals surface area contributed by atoms with Crippen LogP contribution in [0.3, 0.4) is 0 Å². The first-order chi connectivity index (χ1) is 17.4. The molecule has 4 rings (SSSR count). The van der Waals surface area contributed by atoms with E-state index in [1.807, 2.05) is 0 Å². The van der Waals surface area contributed by atoms with Crippen LogP contribution in [0.15, 0.2) is 18.2 Å². The van der Waals surface area contributed by atoms with E-state index < -0.39 is 18.0 Å². The first-order valence-electron chi connectivity index (χ1n) is 12.0. The van der Waals surface area contributed by atoms with Crippen molar-refractivity contribution in [3.63, 3.8) is 0 Å². The number of hydrogen-bond acceptors (Lipinski definition) is 7. The predicted molar refractivity (Wildman–Crippen MR) is 132 cm³/mol. The SMILES string of the molecule is N#CC(C[C@@H]1CCNC1=O)NC(=O)C1C[C@@H](N2CCOCC2)CN1C(=O)COc1ccc(Cl)cc1Cl. The molecule has 36 heavy (non-hydrogen) atoms. The molecule has 3 aliphatic rings. The number of morpholine rings is 1. The third kappa shape index (κ3) is 6.40. The van der Waals surface area contributed by atoms with Crippen LogP contribution < -0.4 is 15.4 Å². The zero-order valence-electron chi connectivity index (χ0n) is 19.8. The summed E-state index contributed by atoms with van der Waals surface area (Å²) >= 11 is 12.1. The standard InChI is InChI=1S/C24H29Cl2N5O5/c25-16-1-2-21(19(26)10-16)36-14-22(32)31-13-18(30-5-7-35-8-6-30)11-20(31)24(34)29-17(12-27)9-15-3-4-28-23(15)33/h1-2,10,15,17-18,20H,3-9,11,13-14H2,(H,28,33)(H,29,34)/t15-,17?,18+,20?/m0/s1. The van der Waals surface area contributed by atoms with Gasteiger partial charge in [0, 0.05) is 43.2 Å². The van der Waals surface area contributed by atoms with Gasteiger partial charge in [-0.05, 0) is 37.5 Å². The Morgan fingerprint density at radius 2 is 2.08 bits per heavy atom. The van der Waals surface area contributed by atoms with E-state index in [2.05, 4.69) is 21.6 Å². The van der Waals surface area contributed by atoms with E-state index in [9.17, 15) is 19.6 Å². The van der Waals surface area contributed by atoms with E-state index in [0.29, 0.717) is 49.9 Å². The van der Waals surface area contributed by atoms with Crippen molar-refractivity contribution >= 4 is 40.9 Å². The number of amides is 3. The van der Waals surface area contributed by atoms with Gasteiger partial charge in [-0.25, -0.2) is 0 Å². The van der Waals surface area contributed by atoms with Gasteiger partial charge < -0.3 is 25.0 Å². The Hall–Kier alpha value is -2.58. The third-order valence-electron chi connectivity index (χ3n) is 6.86. The van der Waals surface area contributed by atoms with Crippen LogP contribution in [0.2, 0.25) is 10.0 Å². The predicted octanol–water partition coefficient (Wildman–Crippen LogP) is 1.21. The second-order valence-corrected chi connectivity index (χ2v) is 10.0. The minimum atomic E-state index is -0.824. The number of carbonyl (C=O) groups is 3. The fourth-order valence-electron chi connectivity index (χ4n) is 4.93. The molecule has 3 fully saturated rings. The average molecular weight is 538 g/mol. The fourth-order valence-corrected chi connectivity index (χ4v) is 5.39. The highest BCUT2D eigenvalue weighted by Crippen LogP contribution is 2.28. The lowest BCUT2D eigenvalue weighted by Crippen LogP contribution is -2.50. The first-order valence-corrected chi connectivity index (χ1v) is 12.8. The summed E-state index contributed by atoms with van der Waals surface area (Å²) in [6, 6.07) is 5.20. The van der Waals surface area contributed by atoms with Crippen molar-refractivity contribution in [1.82, 2.24) is 20.4 Å². The largest absolute Gasteiger partial charge is 0.482 e. The minimum absolute atomic E-state index is 0.0196. The van der Waals surface area contributed by atoms with Crippen LogP contribution in [0.25, 0.3) is 0 Å². The molecule has 0 spiro atoms. The van der Waals surface area contributed by atoms with Gasteiger partial charge in [-0.2, -0.15) is 5.26 Å². The highest BCUT2D eigenvalue weighted by atomic mass is 35.5. The molecule has 0 radical (unpaired) electrons. The average Bonchev–Trinajstić information content (AvgIpc) is 3.50. The van der Waals surface area contributed by atoms with Crippen LogP contribution in [0.5, 0.6) is 5.75 Å². The summed E-state index contributed by atoms with van der Waals surface area (Å²) in [6.45, 7) is 3.26. The molecule has 3 aliphatic heterocycles. The summed E-state index contributed by atoms with van der Waals surface area (Å²) in [7, 11) is 0. The number of nitriles is 1. The van der Waals surface area contributed by atoms with Crippen molar-refractivity contribution in [3.8, 4) is 11.8 Å². The minimum Gasteiger partial charge on any atom is -0.482 e. The van der Waals surface area contributed by atoms with Crippen molar-refractivity contribution in [2.75, 3.05) is 46.0 Å². The van der Waals surface area contributed by atoms with E-state index in [1.54, 1.807) is 12.1 Å². The van der Waals surface area contributed by atoms with Crippen LogP contribution in [0.1, 0.15) is 19.3 Å². The lowest BCUT2D eigenvalue weighted by molar-refractivity contribution is -0.140. The van der Waals surface area contributed by atoms with Crippen LogP contribution >= 0.6 is 23.2 Å². The molecule has 12 heteroatoms. The van der Waals surface area contributed by atoms with E-state index in [1.165, 1.54) is 11.0 Å². The Labute approximate surface area is 219 Å². The van der Waals surface area contributed by atoms with Gasteiger partial charge in [0.2, 0.25) is 11.8 Å². The summed E-state index contributed by atoms with van der Waals surface area (Å²) in [5.41, 5.74) is 0. The lowest BCUT2D eigenvalue weighted by Gasteiger charge is -2.31. The number of carbonyl (C=O) groups excluding carboxylic acids is 3. The number of nitrogens with zero attached hydrogens (tertiary/aromatic N) is 3. The van der Waals surface area contributed by atoms with Crippen molar-refractivity contribution in [2.45, 2.75) is 37.4 Å². The molecule has 0 saturated carbocycles. The van der Waals surface area contributed by atoms with Crippen LogP contribution in [-0.4, -0.2) is 91.6 Å². The van der Waals surface area contributed by atoms with Crippen LogP contribution in [0.4, 0.5) is 0 Å². The number of halogens is 2. The third-order valence-corrected chi connectivity index (χ3v) is 7.39. The maximum absolute atomic E-state index is 13.3. The van der Waals surface area contributed by atoms with E-state index >= 15 is 0 Å². The first kappa shape index (κ1) is 26.5. The summed E-state index contributed by atoms with van der Waals surface area (Å²) in [6.07, 6.45) is 1.30. The quantitative estimate of drug-likeness (QED) is 0.510. The van der Waals surface area contributed by atoms with Crippen LogP contribution in [-0.2, 0) is 19.1 Å². The molecule has 3 amide bonds. The molecular weight excluding hydrogens is 509 g/mol. The summed E-state index contributed by atoms with van der Waals surface area (Å²) in [4.78, 5) is 42.2. The van der Waals surface area contributed by atoms with Gasteiger partial charge in [-0.3, -0.25) is 19.3 Å². The number of rotatable bonds is 8. The van der Waals surface area contributed by atoms with E-state index in [0.717, 1.165) is 13.1 Å². The smallest absolute Gasteiger partial charge is 0.261 e. The van der Waals surface area contributed by atoms with Gasteiger partial charge in [-0.1, -0.05) is 23.2 Å². The number of hydrogen-bond donors (Lipinski definition) is 2. The molecule has 2 unspecified atom stereocenters. The molecule has 3 saturated heterocycles. The molecule has 194 valence electrons. The molecule has 0 bridgehead atoms. The van der Waals surface area contributed by atoms with E-state index in [4.69, 9.17) is 32.7 Å². The summed E-state index contributed by atoms with van der Waals surface area (Å²) < 4.78 is 11.1. The second-order valence-electron chi connectivity index (χ2n) is 9.17. The van der Waals surface area contributed by atoms with Crippen molar-refractivity contribution in [2.24, 2.45) is 5.92 Å². The Morgan fingerprint density at radius 1 is 1.31 bits per heavy atom. The second kappa shape index (κ2) is 12.1.